The van der Waals surface area contributed by atoms with E-state index in [0.29, 0.717) is 0 Å². The summed E-state index contributed by atoms with van der Waals surface area (Å²) < 4.78 is 1.47. The molecule has 0 unspecified atom stereocenters. The van der Waals surface area contributed by atoms with Gasteiger partial charge in [0.15, 0.2) is 0 Å². The van der Waals surface area contributed by atoms with Gasteiger partial charge >= 0.3 is 65.6 Å². The molecule has 0 saturated heterocycles. The number of rotatable bonds is 0. The number of hydrogen-bond donors (Lipinski definition) is 0. The Bertz CT molecular complexity index is 153. The van der Waals surface area contributed by atoms with Crippen LogP contribution in [0.25, 0.3) is 0 Å². The SMILES string of the molecule is Cc1cc[c]([Pb])cc1.O.O.O. The molecule has 1 aromatic carbocycles. The first-order valence-electron chi connectivity index (χ1n) is 2.57. The van der Waals surface area contributed by atoms with Crippen LogP contribution in [-0.2, 0) is 0 Å². The third-order valence-corrected chi connectivity index (χ3v) is 2.35. The van der Waals surface area contributed by atoms with Crippen LogP contribution in [-0.4, -0.2) is 42.2 Å². The molecule has 0 saturated carbocycles. The minimum absolute atomic E-state index is 0. The fourth-order valence-electron chi connectivity index (χ4n) is 0.554. The molecule has 0 aliphatic rings. The summed E-state index contributed by atoms with van der Waals surface area (Å²) in [5, 5.41) is 0. The van der Waals surface area contributed by atoms with Gasteiger partial charge in [-0.2, -0.15) is 0 Å². The van der Waals surface area contributed by atoms with Crippen molar-refractivity contribution in [3.8, 4) is 0 Å². The monoisotopic (exact) mass is 353 g/mol. The fourth-order valence-corrected chi connectivity index (χ4v) is 1.20. The Balaban J connectivity index is -0.000000213. The zero-order valence-corrected chi connectivity index (χ0v) is 10.2. The second kappa shape index (κ2) is 8.12. The van der Waals surface area contributed by atoms with Crippen molar-refractivity contribution >= 4 is 28.9 Å². The minimum atomic E-state index is 0. The first kappa shape index (κ1) is 17.2. The maximum atomic E-state index is 2.18. The molecule has 1 rings (SSSR count). The van der Waals surface area contributed by atoms with Gasteiger partial charge in [0.25, 0.3) is 0 Å². The van der Waals surface area contributed by atoms with Crippen LogP contribution in [0.2, 0.25) is 0 Å². The second-order valence-electron chi connectivity index (χ2n) is 1.87. The second-order valence-corrected chi connectivity index (χ2v) is 4.11. The summed E-state index contributed by atoms with van der Waals surface area (Å²) in [5.41, 5.74) is 1.35. The summed E-state index contributed by atoms with van der Waals surface area (Å²) in [7, 11) is 0. The fraction of sp³-hybridized carbons (Fsp3) is 0.143. The Morgan fingerprint density at radius 1 is 0.909 bits per heavy atom. The topological polar surface area (TPSA) is 94.5 Å². The molecule has 1 aromatic rings. The zero-order valence-electron chi connectivity index (χ0n) is 6.31. The van der Waals surface area contributed by atoms with Gasteiger partial charge in [0.05, 0.1) is 0 Å². The average molecular weight is 352 g/mol. The van der Waals surface area contributed by atoms with Crippen molar-refractivity contribution in [1.29, 1.82) is 0 Å². The molecule has 0 spiro atoms. The van der Waals surface area contributed by atoms with E-state index >= 15 is 0 Å². The smallest absolute Gasteiger partial charge is 0.412 e. The summed E-state index contributed by atoms with van der Waals surface area (Å²) in [4.78, 5) is 0. The van der Waals surface area contributed by atoms with Crippen LogP contribution < -0.4 is 3.12 Å². The van der Waals surface area contributed by atoms with E-state index in [1.165, 1.54) is 34.5 Å². The first-order chi connectivity index (χ1) is 3.79. The Morgan fingerprint density at radius 3 is 1.55 bits per heavy atom. The quantitative estimate of drug-likeness (QED) is 0.499. The van der Waals surface area contributed by atoms with Gasteiger partial charge in [-0.05, 0) is 0 Å². The predicted molar refractivity (Wildman–Crippen MR) is 47.4 cm³/mol. The summed E-state index contributed by atoms with van der Waals surface area (Å²) in [6.45, 7) is 2.11. The van der Waals surface area contributed by atoms with Gasteiger partial charge in [-0.1, -0.05) is 0 Å². The average Bonchev–Trinajstić information content (AvgIpc) is 1.77. The van der Waals surface area contributed by atoms with E-state index in [1.54, 1.807) is 0 Å². The largest absolute Gasteiger partial charge is 0.412 e. The van der Waals surface area contributed by atoms with Crippen LogP contribution in [0.5, 0.6) is 0 Å². The van der Waals surface area contributed by atoms with Crippen LogP contribution in [0.3, 0.4) is 0 Å². The molecular weight excluding hydrogens is 339 g/mol. The summed E-state index contributed by atoms with van der Waals surface area (Å²) in [6.07, 6.45) is 0. The zero-order chi connectivity index (χ0) is 5.98. The van der Waals surface area contributed by atoms with Gasteiger partial charge in [-0.3, -0.25) is 0 Å². The Morgan fingerprint density at radius 2 is 1.27 bits per heavy atom. The van der Waals surface area contributed by atoms with Gasteiger partial charge in [0, 0.05) is 0 Å². The van der Waals surface area contributed by atoms with Gasteiger partial charge in [-0.15, -0.1) is 0 Å². The van der Waals surface area contributed by atoms with E-state index in [0.717, 1.165) is 0 Å². The summed E-state index contributed by atoms with van der Waals surface area (Å²) in [5.74, 6) is 0. The molecule has 0 aliphatic carbocycles. The first-order valence-corrected chi connectivity index (χ1v) is 4.52. The minimum Gasteiger partial charge on any atom is -0.412 e. The van der Waals surface area contributed by atoms with Crippen molar-refractivity contribution in [2.45, 2.75) is 6.92 Å². The van der Waals surface area contributed by atoms with E-state index in [9.17, 15) is 0 Å². The molecule has 11 heavy (non-hydrogen) atoms. The maximum Gasteiger partial charge on any atom is -0.412 e. The van der Waals surface area contributed by atoms with Gasteiger partial charge in [0.2, 0.25) is 0 Å². The van der Waals surface area contributed by atoms with Crippen LogP contribution in [0, 0.1) is 6.92 Å². The van der Waals surface area contributed by atoms with E-state index in [-0.39, 0.29) is 16.4 Å². The molecule has 0 heterocycles. The van der Waals surface area contributed by atoms with Crippen LogP contribution in [0.4, 0.5) is 0 Å². The molecule has 4 heteroatoms. The molecule has 0 amide bonds. The predicted octanol–water partition coefficient (Wildman–Crippen LogP) is -1.69. The van der Waals surface area contributed by atoms with E-state index in [4.69, 9.17) is 0 Å². The van der Waals surface area contributed by atoms with Gasteiger partial charge in [-0.25, -0.2) is 0 Å². The molecule has 0 atom stereocenters. The van der Waals surface area contributed by atoms with E-state index in [2.05, 4.69) is 31.2 Å². The number of aryl methyl sites for hydroxylation is 1. The Kier molecular flexibility index (Phi) is 12.7. The van der Waals surface area contributed by atoms with Crippen molar-refractivity contribution in [3.05, 3.63) is 29.8 Å². The molecule has 0 bridgehead atoms. The van der Waals surface area contributed by atoms with Crippen molar-refractivity contribution < 1.29 is 16.4 Å². The third-order valence-electron chi connectivity index (χ3n) is 1.05. The van der Waals surface area contributed by atoms with Gasteiger partial charge in [0.1, 0.15) is 0 Å². The summed E-state index contributed by atoms with van der Waals surface area (Å²) >= 11 is 1.17. The molecule has 63 valence electrons. The van der Waals surface area contributed by atoms with Crippen LogP contribution in [0.15, 0.2) is 24.3 Å². The van der Waals surface area contributed by atoms with Crippen molar-refractivity contribution in [3.63, 3.8) is 0 Å². The summed E-state index contributed by atoms with van der Waals surface area (Å²) in [6, 6.07) is 8.67. The molecule has 0 fully saturated rings. The third kappa shape index (κ3) is 6.42. The molecular formula is C7H13O3Pb. The normalized spacial score (nSPS) is 6.73. The van der Waals surface area contributed by atoms with Crippen molar-refractivity contribution in [1.82, 2.24) is 0 Å². The maximum absolute atomic E-state index is 2.18. The van der Waals surface area contributed by atoms with Crippen LogP contribution in [0.1, 0.15) is 5.56 Å². The molecule has 3 radical (unpaired) electrons. The Labute approximate surface area is 82.0 Å². The van der Waals surface area contributed by atoms with Crippen LogP contribution >= 0.6 is 0 Å². The van der Waals surface area contributed by atoms with E-state index < -0.39 is 0 Å². The molecule has 3 nitrogen and oxygen atoms in total. The van der Waals surface area contributed by atoms with Crippen molar-refractivity contribution in [2.24, 2.45) is 0 Å². The standard InChI is InChI=1S/C7H7.3H2O.Pb/c1-7-5-3-2-4-6-7;;;;/h3-6H,1H3;3*1H2;. The number of hydrogen-bond acceptors (Lipinski definition) is 0. The Hall–Kier alpha value is 0.0221. The van der Waals surface area contributed by atoms with Gasteiger partial charge < -0.3 is 16.4 Å². The number of benzene rings is 1. The molecule has 0 aliphatic heterocycles. The molecule has 0 aromatic heterocycles. The van der Waals surface area contributed by atoms with E-state index in [1.807, 2.05) is 0 Å². The molecule has 6 N–H and O–H groups in total. The van der Waals surface area contributed by atoms with Crippen molar-refractivity contribution in [2.75, 3.05) is 0 Å².